The Morgan fingerprint density at radius 1 is 1.06 bits per heavy atom. The van der Waals surface area contributed by atoms with Crippen molar-refractivity contribution in [1.29, 1.82) is 0 Å². The van der Waals surface area contributed by atoms with E-state index in [1.54, 1.807) is 18.2 Å². The molecule has 1 aliphatic heterocycles. The molecule has 0 bridgehead atoms. The smallest absolute Gasteiger partial charge is 0.273 e. The maximum absolute atomic E-state index is 13.4. The lowest BCUT2D eigenvalue weighted by molar-refractivity contribution is 0.0730. The number of amides is 1. The highest BCUT2D eigenvalue weighted by atomic mass is 79.9. The molecule has 2 heterocycles. The van der Waals surface area contributed by atoms with Crippen molar-refractivity contribution in [3.63, 3.8) is 0 Å². The Labute approximate surface area is 192 Å². The molecule has 0 saturated carbocycles. The average molecular weight is 495 g/mol. The first-order valence-corrected chi connectivity index (χ1v) is 10.9. The van der Waals surface area contributed by atoms with Crippen LogP contribution in [0.4, 0.5) is 0 Å². The van der Waals surface area contributed by atoms with Gasteiger partial charge in [-0.25, -0.2) is 0 Å². The predicted molar refractivity (Wildman–Crippen MR) is 123 cm³/mol. The van der Waals surface area contributed by atoms with Gasteiger partial charge in [-0.05, 0) is 47.5 Å². The number of para-hydroxylation sites is 1. The Morgan fingerprint density at radius 2 is 1.84 bits per heavy atom. The van der Waals surface area contributed by atoms with E-state index in [1.807, 2.05) is 59.5 Å². The van der Waals surface area contributed by atoms with Gasteiger partial charge in [-0.3, -0.25) is 9.89 Å². The fraction of sp³-hybridized carbons (Fsp3) is 0.0833. The molecule has 1 unspecified atom stereocenters. The lowest BCUT2D eigenvalue weighted by Crippen LogP contribution is -2.29. The second-order valence-corrected chi connectivity index (χ2v) is 8.75. The molecule has 5 nitrogen and oxygen atoms in total. The lowest BCUT2D eigenvalue weighted by Gasteiger charge is -2.26. The van der Waals surface area contributed by atoms with E-state index in [1.165, 1.54) is 0 Å². The molecular weight excluding hydrogens is 478 g/mol. The Morgan fingerprint density at radius 3 is 2.58 bits per heavy atom. The van der Waals surface area contributed by atoms with Crippen molar-refractivity contribution in [2.75, 3.05) is 0 Å². The molecule has 31 heavy (non-hydrogen) atoms. The molecule has 1 atom stereocenters. The molecule has 0 saturated heterocycles. The van der Waals surface area contributed by atoms with Crippen molar-refractivity contribution in [2.45, 2.75) is 12.6 Å². The monoisotopic (exact) mass is 493 g/mol. The second-order valence-electron chi connectivity index (χ2n) is 7.40. The summed E-state index contributed by atoms with van der Waals surface area (Å²) >= 11 is 9.58. The molecule has 2 N–H and O–H groups in total. The molecule has 1 amide bonds. The highest BCUT2D eigenvalue weighted by Gasteiger charge is 2.42. The number of hydrogen-bond donors (Lipinski definition) is 2. The zero-order chi connectivity index (χ0) is 21.5. The summed E-state index contributed by atoms with van der Waals surface area (Å²) in [5.41, 5.74) is 4.29. The van der Waals surface area contributed by atoms with Crippen LogP contribution in [-0.2, 0) is 6.54 Å². The summed E-state index contributed by atoms with van der Waals surface area (Å²) in [5.74, 6) is -0.0162. The third-order valence-corrected chi connectivity index (χ3v) is 6.20. The molecule has 7 heteroatoms. The van der Waals surface area contributed by atoms with Gasteiger partial charge in [0, 0.05) is 27.2 Å². The summed E-state index contributed by atoms with van der Waals surface area (Å²) in [6, 6.07) is 22.0. The van der Waals surface area contributed by atoms with Gasteiger partial charge in [0.1, 0.15) is 17.1 Å². The van der Waals surface area contributed by atoms with Gasteiger partial charge in [-0.15, -0.1) is 0 Å². The Hall–Kier alpha value is -3.09. The number of fused-ring (bicyclic) bond motifs is 1. The lowest BCUT2D eigenvalue weighted by atomic mass is 9.95. The molecular formula is C24H17BrClN3O2. The number of benzene rings is 3. The fourth-order valence-electron chi connectivity index (χ4n) is 4.05. The van der Waals surface area contributed by atoms with Crippen molar-refractivity contribution < 1.29 is 9.90 Å². The normalized spacial score (nSPS) is 15.4. The summed E-state index contributed by atoms with van der Waals surface area (Å²) in [6.45, 7) is 0.413. The minimum atomic E-state index is -0.357. The number of carbonyl (C=O) groups excluding carboxylic acids is 1. The number of halogens is 2. The summed E-state index contributed by atoms with van der Waals surface area (Å²) in [6.07, 6.45) is 0. The van der Waals surface area contributed by atoms with E-state index in [4.69, 9.17) is 11.6 Å². The van der Waals surface area contributed by atoms with E-state index in [-0.39, 0.29) is 17.7 Å². The third kappa shape index (κ3) is 3.52. The van der Waals surface area contributed by atoms with Crippen LogP contribution in [0.25, 0.3) is 11.3 Å². The molecule has 1 aliphatic rings. The van der Waals surface area contributed by atoms with Crippen LogP contribution in [-0.4, -0.2) is 26.1 Å². The number of H-pyrrole nitrogens is 1. The van der Waals surface area contributed by atoms with E-state index >= 15 is 0 Å². The van der Waals surface area contributed by atoms with Crippen LogP contribution in [0.2, 0.25) is 5.02 Å². The first-order chi connectivity index (χ1) is 15.0. The summed E-state index contributed by atoms with van der Waals surface area (Å²) in [5, 5.41) is 18.4. The fourth-order valence-corrected chi connectivity index (χ4v) is 4.59. The number of phenols is 1. The summed E-state index contributed by atoms with van der Waals surface area (Å²) in [4.78, 5) is 15.2. The molecule has 154 valence electrons. The molecule has 3 aromatic carbocycles. The second kappa shape index (κ2) is 7.87. The summed E-state index contributed by atoms with van der Waals surface area (Å²) < 4.78 is 0.921. The van der Waals surface area contributed by atoms with Gasteiger partial charge in [0.15, 0.2) is 0 Å². The average Bonchev–Trinajstić information content (AvgIpc) is 3.29. The molecule has 5 rings (SSSR count). The zero-order valence-electron chi connectivity index (χ0n) is 16.2. The van der Waals surface area contributed by atoms with Gasteiger partial charge < -0.3 is 10.0 Å². The number of phenolic OH excluding ortho intramolecular Hbond substituents is 1. The number of aromatic nitrogens is 2. The first kappa shape index (κ1) is 19.8. The zero-order valence-corrected chi connectivity index (χ0v) is 18.6. The van der Waals surface area contributed by atoms with Crippen molar-refractivity contribution >= 4 is 33.4 Å². The van der Waals surface area contributed by atoms with E-state index in [2.05, 4.69) is 26.1 Å². The van der Waals surface area contributed by atoms with Crippen molar-refractivity contribution in [2.24, 2.45) is 0 Å². The Balaban J connectivity index is 1.66. The number of carbonyl (C=O) groups is 1. The molecule has 4 aromatic rings. The van der Waals surface area contributed by atoms with Crippen LogP contribution in [0.5, 0.6) is 5.75 Å². The largest absolute Gasteiger partial charge is 0.507 e. The van der Waals surface area contributed by atoms with E-state index in [9.17, 15) is 9.90 Å². The quantitative estimate of drug-likeness (QED) is 0.369. The van der Waals surface area contributed by atoms with Gasteiger partial charge in [-0.2, -0.15) is 5.10 Å². The predicted octanol–water partition coefficient (Wildman–Crippen LogP) is 5.94. The SMILES string of the molecule is O=C1c2[nH]nc(-c3ccccc3O)c2C(c2cccc(Br)c2)N1Cc1ccc(Cl)cc1. The van der Waals surface area contributed by atoms with Crippen molar-refractivity contribution in [1.82, 2.24) is 15.1 Å². The maximum Gasteiger partial charge on any atom is 0.273 e. The van der Waals surface area contributed by atoms with Crippen LogP contribution in [0.15, 0.2) is 77.3 Å². The topological polar surface area (TPSA) is 69.2 Å². The van der Waals surface area contributed by atoms with Crippen LogP contribution in [0.1, 0.15) is 33.2 Å². The maximum atomic E-state index is 13.4. The van der Waals surface area contributed by atoms with Crippen molar-refractivity contribution in [3.8, 4) is 17.0 Å². The summed E-state index contributed by atoms with van der Waals surface area (Å²) in [7, 11) is 0. The van der Waals surface area contributed by atoms with Gasteiger partial charge in [0.25, 0.3) is 5.91 Å². The van der Waals surface area contributed by atoms with Crippen LogP contribution in [0.3, 0.4) is 0 Å². The first-order valence-electron chi connectivity index (χ1n) is 9.70. The van der Waals surface area contributed by atoms with E-state index in [0.29, 0.717) is 28.5 Å². The molecule has 0 radical (unpaired) electrons. The number of nitrogens with one attached hydrogen (secondary N) is 1. The van der Waals surface area contributed by atoms with Gasteiger partial charge >= 0.3 is 0 Å². The highest BCUT2D eigenvalue weighted by Crippen LogP contribution is 2.45. The Kier molecular flexibility index (Phi) is 5.04. The minimum absolute atomic E-state index is 0.119. The molecule has 0 fully saturated rings. The number of aromatic hydroxyl groups is 1. The third-order valence-electron chi connectivity index (χ3n) is 5.45. The molecule has 0 aliphatic carbocycles. The van der Waals surface area contributed by atoms with Gasteiger partial charge in [-0.1, -0.05) is 63.9 Å². The molecule has 0 spiro atoms. The number of hydrogen-bond acceptors (Lipinski definition) is 3. The Bertz CT molecular complexity index is 1290. The number of nitrogens with zero attached hydrogens (tertiary/aromatic N) is 2. The number of aromatic amines is 1. The minimum Gasteiger partial charge on any atom is -0.507 e. The standard InChI is InChI=1S/C24H17BrClN3O2/c25-16-5-3-4-15(12-16)23-20-21(18-6-1-2-7-19(18)30)27-28-22(20)24(31)29(23)13-14-8-10-17(26)11-9-14/h1-12,23,30H,13H2,(H,27,28). The van der Waals surface area contributed by atoms with Crippen molar-refractivity contribution in [3.05, 3.63) is 105 Å². The molecule has 1 aromatic heterocycles. The van der Waals surface area contributed by atoms with E-state index < -0.39 is 0 Å². The van der Waals surface area contributed by atoms with Crippen LogP contribution >= 0.6 is 27.5 Å². The number of rotatable bonds is 4. The van der Waals surface area contributed by atoms with Crippen LogP contribution in [0, 0.1) is 0 Å². The highest BCUT2D eigenvalue weighted by molar-refractivity contribution is 9.10. The van der Waals surface area contributed by atoms with E-state index in [0.717, 1.165) is 21.2 Å². The van der Waals surface area contributed by atoms with Crippen LogP contribution < -0.4 is 0 Å². The van der Waals surface area contributed by atoms with Gasteiger partial charge in [0.05, 0.1) is 6.04 Å². The van der Waals surface area contributed by atoms with Gasteiger partial charge in [0.2, 0.25) is 0 Å².